The zero-order valence-corrected chi connectivity index (χ0v) is 18.7. The molecule has 0 bridgehead atoms. The number of hydrogen-bond acceptors (Lipinski definition) is 5. The third-order valence-corrected chi connectivity index (χ3v) is 5.62. The predicted octanol–water partition coefficient (Wildman–Crippen LogP) is 6.86. The van der Waals surface area contributed by atoms with Crippen LogP contribution in [-0.2, 0) is 9.53 Å². The SMILES string of the molecule is CCCCCCC(C)Nc1ccc(Nc2ccccc2)cc1SCC(=O)OCC. The van der Waals surface area contributed by atoms with Crippen LogP contribution in [0.4, 0.5) is 17.1 Å². The quantitative estimate of drug-likeness (QED) is 0.213. The number of thioether (sulfide) groups is 1. The smallest absolute Gasteiger partial charge is 0.316 e. The third kappa shape index (κ3) is 8.82. The fourth-order valence-electron chi connectivity index (χ4n) is 3.08. The molecule has 0 amide bonds. The molecule has 0 heterocycles. The van der Waals surface area contributed by atoms with Gasteiger partial charge < -0.3 is 15.4 Å². The number of unbranched alkanes of at least 4 members (excludes halogenated alkanes) is 3. The van der Waals surface area contributed by atoms with Crippen LogP contribution in [0.15, 0.2) is 53.4 Å². The van der Waals surface area contributed by atoms with E-state index in [2.05, 4.69) is 42.7 Å². The van der Waals surface area contributed by atoms with E-state index in [0.29, 0.717) is 18.4 Å². The molecule has 0 fully saturated rings. The van der Waals surface area contributed by atoms with Crippen LogP contribution >= 0.6 is 11.8 Å². The van der Waals surface area contributed by atoms with Crippen LogP contribution in [0.2, 0.25) is 0 Å². The van der Waals surface area contributed by atoms with E-state index in [1.165, 1.54) is 37.4 Å². The van der Waals surface area contributed by atoms with Crippen LogP contribution in [0.5, 0.6) is 0 Å². The van der Waals surface area contributed by atoms with Crippen molar-refractivity contribution >= 4 is 34.8 Å². The third-order valence-electron chi connectivity index (χ3n) is 4.59. The van der Waals surface area contributed by atoms with Crippen molar-refractivity contribution < 1.29 is 9.53 Å². The maximum absolute atomic E-state index is 11.8. The number of ether oxygens (including phenoxy) is 1. The molecule has 5 heteroatoms. The molecule has 0 spiro atoms. The first-order valence-electron chi connectivity index (χ1n) is 10.6. The Bertz CT molecular complexity index is 737. The van der Waals surface area contributed by atoms with E-state index in [4.69, 9.17) is 4.74 Å². The Morgan fingerprint density at radius 3 is 2.55 bits per heavy atom. The average molecular weight is 415 g/mol. The largest absolute Gasteiger partial charge is 0.465 e. The Balaban J connectivity index is 2.07. The monoisotopic (exact) mass is 414 g/mol. The minimum absolute atomic E-state index is 0.183. The van der Waals surface area contributed by atoms with Crippen molar-refractivity contribution in [3.05, 3.63) is 48.5 Å². The number of esters is 1. The first-order chi connectivity index (χ1) is 14.1. The summed E-state index contributed by atoms with van der Waals surface area (Å²) in [6, 6.07) is 16.8. The van der Waals surface area contributed by atoms with E-state index in [1.807, 2.05) is 37.3 Å². The molecule has 0 saturated carbocycles. The number of carbonyl (C=O) groups is 1. The number of nitrogens with one attached hydrogen (secondary N) is 2. The van der Waals surface area contributed by atoms with Crippen molar-refractivity contribution in [2.24, 2.45) is 0 Å². The summed E-state index contributed by atoms with van der Waals surface area (Å²) in [5.41, 5.74) is 3.11. The first-order valence-corrected chi connectivity index (χ1v) is 11.6. The van der Waals surface area contributed by atoms with Crippen LogP contribution in [0.3, 0.4) is 0 Å². The van der Waals surface area contributed by atoms with Gasteiger partial charge in [-0.25, -0.2) is 0 Å². The average Bonchev–Trinajstić information content (AvgIpc) is 2.72. The molecule has 0 aliphatic carbocycles. The molecule has 2 rings (SSSR count). The maximum Gasteiger partial charge on any atom is 0.316 e. The summed E-state index contributed by atoms with van der Waals surface area (Å²) in [7, 11) is 0. The van der Waals surface area contributed by atoms with E-state index in [1.54, 1.807) is 0 Å². The van der Waals surface area contributed by atoms with E-state index in [0.717, 1.165) is 28.4 Å². The van der Waals surface area contributed by atoms with E-state index >= 15 is 0 Å². The van der Waals surface area contributed by atoms with Gasteiger partial charge in [-0.15, -0.1) is 11.8 Å². The van der Waals surface area contributed by atoms with Gasteiger partial charge in [-0.1, -0.05) is 50.8 Å². The number of para-hydroxylation sites is 1. The summed E-state index contributed by atoms with van der Waals surface area (Å²) in [5, 5.41) is 7.06. The molecular formula is C24H34N2O2S. The van der Waals surface area contributed by atoms with Gasteiger partial charge in [0.15, 0.2) is 0 Å². The van der Waals surface area contributed by atoms with Crippen molar-refractivity contribution in [3.8, 4) is 0 Å². The number of anilines is 3. The minimum atomic E-state index is -0.183. The topological polar surface area (TPSA) is 50.4 Å². The van der Waals surface area contributed by atoms with Crippen LogP contribution in [0.1, 0.15) is 52.9 Å². The lowest BCUT2D eigenvalue weighted by Gasteiger charge is -2.19. The van der Waals surface area contributed by atoms with Gasteiger partial charge in [0.05, 0.1) is 12.4 Å². The number of hydrogen-bond donors (Lipinski definition) is 2. The van der Waals surface area contributed by atoms with Gasteiger partial charge in [-0.2, -0.15) is 0 Å². The second kappa shape index (κ2) is 13.2. The minimum Gasteiger partial charge on any atom is -0.465 e. The highest BCUT2D eigenvalue weighted by Gasteiger charge is 2.11. The van der Waals surface area contributed by atoms with Gasteiger partial charge in [0.2, 0.25) is 0 Å². The molecule has 158 valence electrons. The second-order valence-electron chi connectivity index (χ2n) is 7.19. The predicted molar refractivity (Wildman–Crippen MR) is 125 cm³/mol. The summed E-state index contributed by atoms with van der Waals surface area (Å²) in [6.07, 6.45) is 6.22. The maximum atomic E-state index is 11.8. The Kier molecular flexibility index (Phi) is 10.5. The van der Waals surface area contributed by atoms with Gasteiger partial charge in [-0.3, -0.25) is 4.79 Å². The highest BCUT2D eigenvalue weighted by molar-refractivity contribution is 8.00. The number of carbonyl (C=O) groups excluding carboxylic acids is 1. The second-order valence-corrected chi connectivity index (χ2v) is 8.21. The van der Waals surface area contributed by atoms with Gasteiger partial charge >= 0.3 is 5.97 Å². The van der Waals surface area contributed by atoms with Crippen LogP contribution in [0.25, 0.3) is 0 Å². The number of benzene rings is 2. The summed E-state index contributed by atoms with van der Waals surface area (Å²) in [5.74, 6) is 0.125. The molecule has 0 radical (unpaired) electrons. The van der Waals surface area contributed by atoms with Crippen molar-refractivity contribution in [1.29, 1.82) is 0 Å². The number of rotatable bonds is 13. The Labute approximate surface area is 179 Å². The highest BCUT2D eigenvalue weighted by atomic mass is 32.2. The summed E-state index contributed by atoms with van der Waals surface area (Å²) >= 11 is 1.52. The van der Waals surface area contributed by atoms with E-state index < -0.39 is 0 Å². The molecule has 4 nitrogen and oxygen atoms in total. The molecule has 2 N–H and O–H groups in total. The van der Waals surface area contributed by atoms with Crippen LogP contribution in [0, 0.1) is 0 Å². The summed E-state index contributed by atoms with van der Waals surface area (Å²) in [6.45, 7) is 6.71. The molecule has 0 aliphatic heterocycles. The zero-order chi connectivity index (χ0) is 20.9. The molecule has 2 aromatic rings. The van der Waals surface area contributed by atoms with Crippen molar-refractivity contribution in [2.45, 2.75) is 63.8 Å². The molecular weight excluding hydrogens is 380 g/mol. The molecule has 1 unspecified atom stereocenters. The zero-order valence-electron chi connectivity index (χ0n) is 17.9. The fraction of sp³-hybridized carbons (Fsp3) is 0.458. The molecule has 29 heavy (non-hydrogen) atoms. The van der Waals surface area contributed by atoms with Gasteiger partial charge in [0, 0.05) is 28.0 Å². The Morgan fingerprint density at radius 2 is 1.83 bits per heavy atom. The first kappa shape index (κ1) is 23.1. The Morgan fingerprint density at radius 1 is 1.03 bits per heavy atom. The lowest BCUT2D eigenvalue weighted by atomic mass is 10.1. The van der Waals surface area contributed by atoms with Gasteiger partial charge in [0.25, 0.3) is 0 Å². The molecule has 2 aromatic carbocycles. The fourth-order valence-corrected chi connectivity index (χ4v) is 3.93. The highest BCUT2D eigenvalue weighted by Crippen LogP contribution is 2.32. The molecule has 0 saturated heterocycles. The standard InChI is InChI=1S/C24H34N2O2S/c1-4-6-7-9-12-19(3)25-22-16-15-21(26-20-13-10-8-11-14-20)17-23(22)29-18-24(27)28-5-2/h8,10-11,13-17,19,25-26H,4-7,9,12,18H2,1-3H3. The van der Waals surface area contributed by atoms with Crippen LogP contribution in [-0.4, -0.2) is 24.4 Å². The summed E-state index contributed by atoms with van der Waals surface area (Å²) < 4.78 is 5.09. The van der Waals surface area contributed by atoms with Crippen LogP contribution < -0.4 is 10.6 Å². The normalized spacial score (nSPS) is 11.7. The van der Waals surface area contributed by atoms with Crippen molar-refractivity contribution in [2.75, 3.05) is 23.0 Å². The van der Waals surface area contributed by atoms with Gasteiger partial charge in [0.1, 0.15) is 0 Å². The Hall–Kier alpha value is -2.14. The molecule has 0 aromatic heterocycles. The lowest BCUT2D eigenvalue weighted by molar-refractivity contribution is -0.139. The van der Waals surface area contributed by atoms with E-state index in [-0.39, 0.29) is 5.97 Å². The summed E-state index contributed by atoms with van der Waals surface area (Å²) in [4.78, 5) is 12.9. The molecule has 0 aliphatic rings. The lowest BCUT2D eigenvalue weighted by Crippen LogP contribution is -2.16. The van der Waals surface area contributed by atoms with Crippen molar-refractivity contribution in [1.82, 2.24) is 0 Å². The van der Waals surface area contributed by atoms with Gasteiger partial charge in [-0.05, 0) is 50.6 Å². The van der Waals surface area contributed by atoms with E-state index in [9.17, 15) is 4.79 Å². The molecule has 1 atom stereocenters. The van der Waals surface area contributed by atoms with Crippen molar-refractivity contribution in [3.63, 3.8) is 0 Å².